The van der Waals surface area contributed by atoms with Crippen molar-refractivity contribution < 1.29 is 0 Å². The molecule has 0 saturated carbocycles. The van der Waals surface area contributed by atoms with E-state index >= 15 is 0 Å². The molecular weight excluding hydrogens is 204 g/mol. The van der Waals surface area contributed by atoms with Crippen LogP contribution in [0.4, 0.5) is 0 Å². The Balaban J connectivity index is 3.15. The molecule has 0 unspecified atom stereocenters. The highest BCUT2D eigenvalue weighted by Crippen LogP contribution is 2.13. The highest BCUT2D eigenvalue weighted by Gasteiger charge is 1.99. The van der Waals surface area contributed by atoms with Crippen molar-refractivity contribution in [3.63, 3.8) is 0 Å². The first-order valence-electron chi connectivity index (χ1n) is 3.32. The second kappa shape index (κ2) is 3.49. The van der Waals surface area contributed by atoms with Crippen molar-refractivity contribution >= 4 is 15.9 Å². The first-order valence-corrected chi connectivity index (χ1v) is 4.11. The molecular formula is C8H7BrN2. The molecule has 0 atom stereocenters. The molecule has 0 fully saturated rings. The van der Waals surface area contributed by atoms with Crippen molar-refractivity contribution in [3.8, 4) is 6.07 Å². The van der Waals surface area contributed by atoms with Crippen LogP contribution >= 0.6 is 15.9 Å². The lowest BCUT2D eigenvalue weighted by molar-refractivity contribution is 1.09. The third-order valence-corrected chi connectivity index (χ3v) is 2.06. The number of hydrogen-bond donors (Lipinski definition) is 0. The van der Waals surface area contributed by atoms with Gasteiger partial charge in [-0.15, -0.1) is 0 Å². The number of pyridine rings is 1. The zero-order valence-electron chi connectivity index (χ0n) is 6.13. The number of nitriles is 1. The van der Waals surface area contributed by atoms with E-state index < -0.39 is 0 Å². The normalized spacial score (nSPS) is 9.18. The second-order valence-corrected chi connectivity index (χ2v) is 2.90. The molecule has 0 radical (unpaired) electrons. The SMILES string of the molecule is CCc1cnc(Br)c(C#N)c1. The number of hydrogen-bond acceptors (Lipinski definition) is 2. The first-order chi connectivity index (χ1) is 5.27. The molecule has 2 nitrogen and oxygen atoms in total. The molecule has 0 aromatic carbocycles. The highest BCUT2D eigenvalue weighted by molar-refractivity contribution is 9.10. The minimum Gasteiger partial charge on any atom is -0.248 e. The molecule has 1 aromatic heterocycles. The summed E-state index contributed by atoms with van der Waals surface area (Å²) in [5.74, 6) is 0. The van der Waals surface area contributed by atoms with E-state index in [-0.39, 0.29) is 0 Å². The van der Waals surface area contributed by atoms with Crippen LogP contribution in [0.5, 0.6) is 0 Å². The maximum Gasteiger partial charge on any atom is 0.123 e. The van der Waals surface area contributed by atoms with Gasteiger partial charge in [-0.25, -0.2) is 4.98 Å². The van der Waals surface area contributed by atoms with Crippen LogP contribution in [0.3, 0.4) is 0 Å². The van der Waals surface area contributed by atoms with Crippen molar-refractivity contribution in [1.29, 1.82) is 5.26 Å². The number of aromatic nitrogens is 1. The van der Waals surface area contributed by atoms with E-state index in [1.165, 1.54) is 0 Å². The first kappa shape index (κ1) is 8.22. The molecule has 0 aliphatic rings. The Morgan fingerprint density at radius 3 is 3.00 bits per heavy atom. The van der Waals surface area contributed by atoms with Crippen molar-refractivity contribution in [2.75, 3.05) is 0 Å². The molecule has 1 rings (SSSR count). The number of halogens is 1. The summed E-state index contributed by atoms with van der Waals surface area (Å²) in [5, 5.41) is 8.62. The molecule has 0 N–H and O–H groups in total. The fourth-order valence-electron chi connectivity index (χ4n) is 0.763. The Morgan fingerprint density at radius 2 is 2.45 bits per heavy atom. The van der Waals surface area contributed by atoms with Gasteiger partial charge in [0.25, 0.3) is 0 Å². The standard InChI is InChI=1S/C8H7BrN2/c1-2-6-3-7(4-10)8(9)11-5-6/h3,5H,2H2,1H3. The monoisotopic (exact) mass is 210 g/mol. The minimum atomic E-state index is 0.601. The van der Waals surface area contributed by atoms with Crippen LogP contribution in [0.25, 0.3) is 0 Å². The molecule has 0 aliphatic heterocycles. The highest BCUT2D eigenvalue weighted by atomic mass is 79.9. The summed E-state index contributed by atoms with van der Waals surface area (Å²) in [4.78, 5) is 4.01. The molecule has 3 heteroatoms. The molecule has 0 amide bonds. The Morgan fingerprint density at radius 1 is 1.73 bits per heavy atom. The third-order valence-electron chi connectivity index (χ3n) is 1.42. The van der Waals surface area contributed by atoms with Gasteiger partial charge in [-0.05, 0) is 34.0 Å². The molecule has 0 spiro atoms. The zero-order valence-corrected chi connectivity index (χ0v) is 7.72. The predicted octanol–water partition coefficient (Wildman–Crippen LogP) is 2.28. The fraction of sp³-hybridized carbons (Fsp3) is 0.250. The van der Waals surface area contributed by atoms with Gasteiger partial charge in [-0.3, -0.25) is 0 Å². The summed E-state index contributed by atoms with van der Waals surface area (Å²) in [5.41, 5.74) is 1.69. The summed E-state index contributed by atoms with van der Waals surface area (Å²) < 4.78 is 0.622. The Kier molecular flexibility index (Phi) is 2.61. The summed E-state index contributed by atoms with van der Waals surface area (Å²) in [6.07, 6.45) is 2.68. The number of rotatable bonds is 1. The third kappa shape index (κ3) is 1.78. The Labute approximate surface area is 74.0 Å². The maximum atomic E-state index is 8.62. The van der Waals surface area contributed by atoms with Gasteiger partial charge < -0.3 is 0 Å². The lowest BCUT2D eigenvalue weighted by atomic mass is 10.2. The summed E-state index contributed by atoms with van der Waals surface area (Å²) in [6, 6.07) is 3.90. The van der Waals surface area contributed by atoms with Crippen LogP contribution in [-0.4, -0.2) is 4.98 Å². The minimum absolute atomic E-state index is 0.601. The quantitative estimate of drug-likeness (QED) is 0.668. The summed E-state index contributed by atoms with van der Waals surface area (Å²) in [6.45, 7) is 2.03. The van der Waals surface area contributed by atoms with Gasteiger partial charge in [0, 0.05) is 6.20 Å². The van der Waals surface area contributed by atoms with E-state index in [4.69, 9.17) is 5.26 Å². The number of aryl methyl sites for hydroxylation is 1. The lowest BCUT2D eigenvalue weighted by Gasteiger charge is -1.96. The largest absolute Gasteiger partial charge is 0.248 e. The predicted molar refractivity (Wildman–Crippen MR) is 46.0 cm³/mol. The van der Waals surface area contributed by atoms with Gasteiger partial charge in [0.05, 0.1) is 5.56 Å². The van der Waals surface area contributed by atoms with Gasteiger partial charge in [-0.1, -0.05) is 6.92 Å². The average molecular weight is 211 g/mol. The Hall–Kier alpha value is -0.880. The van der Waals surface area contributed by atoms with Crippen molar-refractivity contribution in [3.05, 3.63) is 28.0 Å². The second-order valence-electron chi connectivity index (χ2n) is 2.15. The van der Waals surface area contributed by atoms with Crippen LogP contribution in [0.2, 0.25) is 0 Å². The summed E-state index contributed by atoms with van der Waals surface area (Å²) in [7, 11) is 0. The van der Waals surface area contributed by atoms with Crippen LogP contribution < -0.4 is 0 Å². The molecule has 56 valence electrons. The molecule has 0 saturated heterocycles. The van der Waals surface area contributed by atoms with Crippen LogP contribution in [0.15, 0.2) is 16.9 Å². The van der Waals surface area contributed by atoms with Gasteiger partial charge in [0.1, 0.15) is 10.7 Å². The van der Waals surface area contributed by atoms with E-state index in [1.807, 2.05) is 13.0 Å². The van der Waals surface area contributed by atoms with Gasteiger partial charge >= 0.3 is 0 Å². The van der Waals surface area contributed by atoms with Gasteiger partial charge in [0.2, 0.25) is 0 Å². The van der Waals surface area contributed by atoms with E-state index in [2.05, 4.69) is 27.0 Å². The van der Waals surface area contributed by atoms with Crippen LogP contribution in [0, 0.1) is 11.3 Å². The van der Waals surface area contributed by atoms with E-state index in [1.54, 1.807) is 6.20 Å². The average Bonchev–Trinajstić information content (AvgIpc) is 2.05. The fourth-order valence-corrected chi connectivity index (χ4v) is 1.07. The molecule has 0 bridgehead atoms. The molecule has 1 aromatic rings. The van der Waals surface area contributed by atoms with Crippen molar-refractivity contribution in [1.82, 2.24) is 4.98 Å². The van der Waals surface area contributed by atoms with Gasteiger partial charge in [-0.2, -0.15) is 5.26 Å². The van der Waals surface area contributed by atoms with E-state index in [9.17, 15) is 0 Å². The zero-order chi connectivity index (χ0) is 8.27. The summed E-state index contributed by atoms with van der Waals surface area (Å²) >= 11 is 3.19. The number of nitrogens with zero attached hydrogens (tertiary/aromatic N) is 2. The Bertz CT molecular complexity index is 301. The van der Waals surface area contributed by atoms with E-state index in [0.717, 1.165) is 12.0 Å². The van der Waals surface area contributed by atoms with Crippen molar-refractivity contribution in [2.24, 2.45) is 0 Å². The van der Waals surface area contributed by atoms with Gasteiger partial charge in [0.15, 0.2) is 0 Å². The lowest BCUT2D eigenvalue weighted by Crippen LogP contribution is -1.87. The topological polar surface area (TPSA) is 36.7 Å². The van der Waals surface area contributed by atoms with E-state index in [0.29, 0.717) is 10.2 Å². The van der Waals surface area contributed by atoms with Crippen LogP contribution in [0.1, 0.15) is 18.1 Å². The smallest absolute Gasteiger partial charge is 0.123 e. The maximum absolute atomic E-state index is 8.62. The molecule has 11 heavy (non-hydrogen) atoms. The van der Waals surface area contributed by atoms with Crippen molar-refractivity contribution in [2.45, 2.75) is 13.3 Å². The van der Waals surface area contributed by atoms with Crippen LogP contribution in [-0.2, 0) is 6.42 Å². The molecule has 1 heterocycles. The molecule has 0 aliphatic carbocycles.